The fraction of sp³-hybridized carbons (Fsp3) is 0.238. The average molecular weight is 377 g/mol. The summed E-state index contributed by atoms with van der Waals surface area (Å²) >= 11 is 1.72. The molecule has 0 aliphatic carbocycles. The highest BCUT2D eigenvalue weighted by molar-refractivity contribution is 7.12. The molecule has 0 fully saturated rings. The second-order valence-corrected chi connectivity index (χ2v) is 7.40. The maximum Gasteiger partial charge on any atom is 0.230 e. The van der Waals surface area contributed by atoms with E-state index < -0.39 is 0 Å². The largest absolute Gasteiger partial charge is 0.490 e. The Labute approximate surface area is 161 Å². The molecule has 0 bridgehead atoms. The van der Waals surface area contributed by atoms with Crippen molar-refractivity contribution in [2.75, 3.05) is 6.61 Å². The summed E-state index contributed by atoms with van der Waals surface area (Å²) < 4.78 is 12.3. The third kappa shape index (κ3) is 2.77. The van der Waals surface area contributed by atoms with E-state index in [9.17, 15) is 0 Å². The van der Waals surface area contributed by atoms with Crippen molar-refractivity contribution in [3.05, 3.63) is 76.2 Å². The summed E-state index contributed by atoms with van der Waals surface area (Å²) in [5.41, 5.74) is 3.05. The fourth-order valence-corrected chi connectivity index (χ4v) is 4.38. The van der Waals surface area contributed by atoms with Gasteiger partial charge in [-0.1, -0.05) is 24.3 Å². The van der Waals surface area contributed by atoms with Gasteiger partial charge in [-0.2, -0.15) is 5.10 Å². The van der Waals surface area contributed by atoms with E-state index in [4.69, 9.17) is 14.6 Å². The minimum absolute atomic E-state index is 0.110. The molecule has 0 radical (unpaired) electrons. The molecule has 2 aliphatic heterocycles. The van der Waals surface area contributed by atoms with E-state index in [2.05, 4.69) is 33.6 Å². The van der Waals surface area contributed by atoms with Crippen molar-refractivity contribution in [1.82, 2.24) is 9.99 Å². The monoisotopic (exact) mass is 377 g/mol. The van der Waals surface area contributed by atoms with E-state index >= 15 is 0 Å². The van der Waals surface area contributed by atoms with Gasteiger partial charge in [-0.15, -0.1) is 11.3 Å². The lowest BCUT2D eigenvalue weighted by Gasteiger charge is -2.38. The number of thiophene rings is 1. The number of ether oxygens (including phenoxy) is 2. The van der Waals surface area contributed by atoms with Gasteiger partial charge in [0.2, 0.25) is 6.23 Å². The van der Waals surface area contributed by atoms with Crippen LogP contribution in [0.15, 0.2) is 65.2 Å². The predicted octanol–water partition coefficient (Wildman–Crippen LogP) is 4.78. The Morgan fingerprint density at radius 1 is 1.19 bits per heavy atom. The molecule has 27 heavy (non-hydrogen) atoms. The lowest BCUT2D eigenvalue weighted by molar-refractivity contribution is -0.0240. The number of nitrogens with zero attached hydrogens (tertiary/aromatic N) is 3. The summed E-state index contributed by atoms with van der Waals surface area (Å²) in [4.78, 5) is 5.73. The molecule has 0 saturated carbocycles. The van der Waals surface area contributed by atoms with Crippen molar-refractivity contribution >= 4 is 17.0 Å². The van der Waals surface area contributed by atoms with Crippen molar-refractivity contribution < 1.29 is 9.47 Å². The number of pyridine rings is 1. The summed E-state index contributed by atoms with van der Waals surface area (Å²) in [5, 5.41) is 9.08. The smallest absolute Gasteiger partial charge is 0.230 e. The number of hydrogen-bond acceptors (Lipinski definition) is 6. The molecule has 0 N–H and O–H groups in total. The normalized spacial score (nSPS) is 20.5. The van der Waals surface area contributed by atoms with Gasteiger partial charge in [0.15, 0.2) is 11.5 Å². The fourth-order valence-electron chi connectivity index (χ4n) is 3.66. The van der Waals surface area contributed by atoms with Crippen LogP contribution in [0.5, 0.6) is 11.5 Å². The summed E-state index contributed by atoms with van der Waals surface area (Å²) in [5.74, 6) is 1.58. The topological polar surface area (TPSA) is 47.0 Å². The maximum absolute atomic E-state index is 6.42. The van der Waals surface area contributed by atoms with Crippen LogP contribution in [-0.4, -0.2) is 22.3 Å². The Kier molecular flexibility index (Phi) is 4.05. The van der Waals surface area contributed by atoms with Gasteiger partial charge in [-0.25, -0.2) is 5.01 Å². The molecule has 5 rings (SSSR count). The minimum Gasteiger partial charge on any atom is -0.490 e. The van der Waals surface area contributed by atoms with Crippen LogP contribution in [0.25, 0.3) is 0 Å². The lowest BCUT2D eigenvalue weighted by Crippen LogP contribution is -2.34. The first kappa shape index (κ1) is 16.3. The Morgan fingerprint density at radius 2 is 2.15 bits per heavy atom. The number of rotatable bonds is 4. The second kappa shape index (κ2) is 6.70. The third-order valence-corrected chi connectivity index (χ3v) is 5.75. The van der Waals surface area contributed by atoms with Crippen molar-refractivity contribution in [3.63, 3.8) is 0 Å². The van der Waals surface area contributed by atoms with Gasteiger partial charge in [0.1, 0.15) is 5.69 Å². The zero-order chi connectivity index (χ0) is 18.2. The van der Waals surface area contributed by atoms with Gasteiger partial charge >= 0.3 is 0 Å². The number of hydrogen-bond donors (Lipinski definition) is 0. The first-order valence-electron chi connectivity index (χ1n) is 9.08. The molecule has 5 nitrogen and oxygen atoms in total. The zero-order valence-electron chi connectivity index (χ0n) is 14.9. The standard InChI is InChI=1S/C21H19N3O2S/c1-2-25-18-9-5-7-14-17-13-16(19-10-6-12-27-19)23-24(17)21(26-20(14)18)15-8-3-4-11-22-15/h3-12,17,21H,2,13H2,1H3/t17-,21+/m0/s1. The quantitative estimate of drug-likeness (QED) is 0.656. The molecule has 2 atom stereocenters. The van der Waals surface area contributed by atoms with Gasteiger partial charge in [-0.05, 0) is 36.6 Å². The molecular formula is C21H19N3O2S. The highest BCUT2D eigenvalue weighted by atomic mass is 32.1. The molecule has 0 amide bonds. The molecule has 4 heterocycles. The van der Waals surface area contributed by atoms with Crippen molar-refractivity contribution in [3.8, 4) is 11.5 Å². The molecular weight excluding hydrogens is 358 g/mol. The first-order chi connectivity index (χ1) is 13.3. The second-order valence-electron chi connectivity index (χ2n) is 6.46. The van der Waals surface area contributed by atoms with Gasteiger partial charge in [0, 0.05) is 18.2 Å². The SMILES string of the molecule is CCOc1cccc2c1O[C@H](c1ccccn1)N1N=C(c3cccs3)C[C@@H]21. The molecule has 3 aromatic rings. The molecule has 6 heteroatoms. The third-order valence-electron chi connectivity index (χ3n) is 4.83. The number of benzene rings is 1. The summed E-state index contributed by atoms with van der Waals surface area (Å²) in [6.07, 6.45) is 2.26. The van der Waals surface area contributed by atoms with Crippen LogP contribution in [0, 0.1) is 0 Å². The molecule has 2 aromatic heterocycles. The number of hydrazone groups is 1. The Bertz CT molecular complexity index is 972. The van der Waals surface area contributed by atoms with Gasteiger partial charge in [-0.3, -0.25) is 4.98 Å². The van der Waals surface area contributed by atoms with E-state index in [-0.39, 0.29) is 12.3 Å². The van der Waals surface area contributed by atoms with E-state index in [0.29, 0.717) is 6.61 Å². The minimum atomic E-state index is -0.372. The molecule has 136 valence electrons. The predicted molar refractivity (Wildman–Crippen MR) is 105 cm³/mol. The molecule has 2 aliphatic rings. The van der Waals surface area contributed by atoms with Crippen LogP contribution < -0.4 is 9.47 Å². The van der Waals surface area contributed by atoms with Gasteiger partial charge < -0.3 is 9.47 Å². The van der Waals surface area contributed by atoms with Crippen LogP contribution in [0.3, 0.4) is 0 Å². The van der Waals surface area contributed by atoms with Gasteiger partial charge in [0.25, 0.3) is 0 Å². The maximum atomic E-state index is 6.42. The summed E-state index contributed by atoms with van der Waals surface area (Å²) in [6.45, 7) is 2.58. The van der Waals surface area contributed by atoms with Crippen LogP contribution >= 0.6 is 11.3 Å². The highest BCUT2D eigenvalue weighted by Gasteiger charge is 2.42. The highest BCUT2D eigenvalue weighted by Crippen LogP contribution is 2.50. The van der Waals surface area contributed by atoms with Crippen LogP contribution in [0.4, 0.5) is 0 Å². The number of fused-ring (bicyclic) bond motifs is 3. The van der Waals surface area contributed by atoms with Crippen molar-refractivity contribution in [2.45, 2.75) is 25.6 Å². The lowest BCUT2D eigenvalue weighted by atomic mass is 9.98. The Morgan fingerprint density at radius 3 is 2.93 bits per heavy atom. The Hall–Kier alpha value is -2.86. The van der Waals surface area contributed by atoms with Gasteiger partial charge in [0.05, 0.1) is 23.2 Å². The number of para-hydroxylation sites is 1. The van der Waals surface area contributed by atoms with Crippen molar-refractivity contribution in [1.29, 1.82) is 0 Å². The molecule has 0 saturated heterocycles. The van der Waals surface area contributed by atoms with E-state index in [0.717, 1.165) is 34.9 Å². The van der Waals surface area contributed by atoms with Crippen LogP contribution in [0.2, 0.25) is 0 Å². The average Bonchev–Trinajstić information content (AvgIpc) is 3.38. The van der Waals surface area contributed by atoms with E-state index in [1.165, 1.54) is 4.88 Å². The first-order valence-corrected chi connectivity index (χ1v) is 9.96. The van der Waals surface area contributed by atoms with Crippen molar-refractivity contribution in [2.24, 2.45) is 5.10 Å². The number of aromatic nitrogens is 1. The molecule has 0 spiro atoms. The molecule has 1 aromatic carbocycles. The van der Waals surface area contributed by atoms with E-state index in [1.54, 1.807) is 17.5 Å². The van der Waals surface area contributed by atoms with E-state index in [1.807, 2.05) is 37.3 Å². The Balaban J connectivity index is 1.62. The van der Waals surface area contributed by atoms with Crippen LogP contribution in [0.1, 0.15) is 41.7 Å². The molecule has 0 unspecified atom stereocenters. The summed E-state index contributed by atoms with van der Waals surface area (Å²) in [6, 6.07) is 16.3. The zero-order valence-corrected chi connectivity index (χ0v) is 15.7. The van der Waals surface area contributed by atoms with Crippen LogP contribution in [-0.2, 0) is 0 Å². The summed E-state index contributed by atoms with van der Waals surface area (Å²) in [7, 11) is 0.